The van der Waals surface area contributed by atoms with E-state index in [1.165, 1.54) is 5.56 Å². The Morgan fingerprint density at radius 1 is 1.03 bits per heavy atom. The van der Waals surface area contributed by atoms with Gasteiger partial charge in [-0.15, -0.1) is 0 Å². The Labute approximate surface area is 200 Å². The summed E-state index contributed by atoms with van der Waals surface area (Å²) in [6.45, 7) is 1.41. The fourth-order valence-corrected chi connectivity index (χ4v) is 6.19. The van der Waals surface area contributed by atoms with Crippen molar-refractivity contribution in [1.29, 1.82) is 0 Å². The molecule has 2 aromatic carbocycles. The number of hydrogen-bond donors (Lipinski definition) is 2. The smallest absolute Gasteiger partial charge is 0.240 e. The summed E-state index contributed by atoms with van der Waals surface area (Å²) in [6, 6.07) is 13.2. The summed E-state index contributed by atoms with van der Waals surface area (Å²) in [4.78, 5) is 3.56. The molecule has 4 rings (SSSR count). The molecular weight excluding hydrogens is 460 g/mol. The Balaban J connectivity index is 1.52. The van der Waals surface area contributed by atoms with Gasteiger partial charge < -0.3 is 14.5 Å². The molecule has 0 radical (unpaired) electrons. The average molecular weight is 491 g/mol. The normalized spacial score (nSPS) is 19.2. The van der Waals surface area contributed by atoms with Crippen LogP contribution in [0.15, 0.2) is 47.4 Å². The number of methoxy groups -OCH3 is 2. The van der Waals surface area contributed by atoms with Crippen molar-refractivity contribution in [3.8, 4) is 11.3 Å². The lowest BCUT2D eigenvalue weighted by atomic mass is 9.87. The summed E-state index contributed by atoms with van der Waals surface area (Å²) >= 11 is 6.65. The molecule has 3 aromatic rings. The van der Waals surface area contributed by atoms with Crippen LogP contribution in [0.1, 0.15) is 31.2 Å². The topological polar surface area (TPSA) is 80.4 Å². The molecular formula is C25H31ClN2O4S. The molecule has 178 valence electrons. The highest BCUT2D eigenvalue weighted by molar-refractivity contribution is 7.89. The van der Waals surface area contributed by atoms with E-state index in [0.717, 1.165) is 55.4 Å². The van der Waals surface area contributed by atoms with Crippen LogP contribution in [0.4, 0.5) is 0 Å². The Kier molecular flexibility index (Phi) is 7.76. The van der Waals surface area contributed by atoms with Crippen molar-refractivity contribution in [1.82, 2.24) is 9.71 Å². The van der Waals surface area contributed by atoms with E-state index in [-0.39, 0.29) is 10.9 Å². The molecule has 1 aromatic heterocycles. The molecule has 0 atom stereocenters. The number of H-pyrrole nitrogens is 1. The summed E-state index contributed by atoms with van der Waals surface area (Å²) in [5.74, 6) is 0.514. The number of aromatic amines is 1. The van der Waals surface area contributed by atoms with Crippen LogP contribution in [-0.4, -0.2) is 46.9 Å². The van der Waals surface area contributed by atoms with Gasteiger partial charge in [0.2, 0.25) is 10.0 Å². The summed E-state index contributed by atoms with van der Waals surface area (Å²) in [5.41, 5.74) is 3.62. The molecule has 1 fully saturated rings. The van der Waals surface area contributed by atoms with Crippen LogP contribution in [0.3, 0.4) is 0 Å². The first-order valence-electron chi connectivity index (χ1n) is 11.3. The molecule has 33 heavy (non-hydrogen) atoms. The van der Waals surface area contributed by atoms with Crippen LogP contribution < -0.4 is 4.72 Å². The number of aromatic nitrogens is 1. The highest BCUT2D eigenvalue weighted by Gasteiger charge is 2.26. The molecule has 1 aliphatic carbocycles. The molecule has 0 spiro atoms. The predicted octanol–water partition coefficient (Wildman–Crippen LogP) is 5.16. The lowest BCUT2D eigenvalue weighted by Crippen LogP contribution is -2.38. The van der Waals surface area contributed by atoms with Crippen LogP contribution in [0.2, 0.25) is 5.02 Å². The molecule has 1 saturated carbocycles. The van der Waals surface area contributed by atoms with Crippen LogP contribution in [0.25, 0.3) is 22.2 Å². The summed E-state index contributed by atoms with van der Waals surface area (Å²) in [5, 5.41) is 1.39. The predicted molar refractivity (Wildman–Crippen MR) is 132 cm³/mol. The van der Waals surface area contributed by atoms with Crippen molar-refractivity contribution in [2.24, 2.45) is 5.92 Å². The zero-order valence-electron chi connectivity index (χ0n) is 19.1. The van der Waals surface area contributed by atoms with Crippen molar-refractivity contribution in [3.05, 3.63) is 53.1 Å². The maximum absolute atomic E-state index is 13.0. The zero-order valence-corrected chi connectivity index (χ0v) is 20.6. The summed E-state index contributed by atoms with van der Waals surface area (Å²) in [7, 11) is -0.220. The first kappa shape index (κ1) is 24.2. The molecule has 1 aliphatic rings. The lowest BCUT2D eigenvalue weighted by molar-refractivity contribution is 0.126. The van der Waals surface area contributed by atoms with Gasteiger partial charge in [0.15, 0.2) is 0 Å². The lowest BCUT2D eigenvalue weighted by Gasteiger charge is -2.28. The molecule has 0 saturated heterocycles. The van der Waals surface area contributed by atoms with Gasteiger partial charge in [-0.25, -0.2) is 13.1 Å². The Hall–Kier alpha value is -1.90. The minimum Gasteiger partial charge on any atom is -0.384 e. The van der Waals surface area contributed by atoms with Gasteiger partial charge in [-0.2, -0.15) is 0 Å². The van der Waals surface area contributed by atoms with Gasteiger partial charge in [-0.1, -0.05) is 35.9 Å². The number of ether oxygens (including phenoxy) is 2. The summed E-state index contributed by atoms with van der Waals surface area (Å²) in [6.07, 6.45) is 4.45. The second kappa shape index (κ2) is 10.6. The fourth-order valence-electron chi connectivity index (χ4n) is 4.54. The number of halogens is 1. The Morgan fingerprint density at radius 3 is 2.42 bits per heavy atom. The van der Waals surface area contributed by atoms with Crippen LogP contribution in [0, 0.1) is 5.92 Å². The number of nitrogens with one attached hydrogen (secondary N) is 2. The molecule has 0 aliphatic heterocycles. The third-order valence-corrected chi connectivity index (χ3v) is 8.34. The molecule has 8 heteroatoms. The number of sulfonamides is 1. The molecule has 0 unspecified atom stereocenters. The second-order valence-electron chi connectivity index (χ2n) is 8.76. The van der Waals surface area contributed by atoms with Crippen LogP contribution >= 0.6 is 11.6 Å². The average Bonchev–Trinajstić information content (AvgIpc) is 3.15. The standard InChI is InChI=1S/C25H31ClN2O4S/c1-31-14-13-17-3-7-19(8-4-17)25-24(26)22-12-11-21(15-23(22)27-25)33(29,30)28-20-9-5-18(6-10-20)16-32-2/h3-4,7-8,11-12,15,18,20,27-28H,5-6,9-10,13-14,16H2,1-2H3. The maximum atomic E-state index is 13.0. The number of hydrogen-bond acceptors (Lipinski definition) is 4. The monoisotopic (exact) mass is 490 g/mol. The Morgan fingerprint density at radius 2 is 1.76 bits per heavy atom. The molecule has 2 N–H and O–H groups in total. The molecule has 6 nitrogen and oxygen atoms in total. The number of fused-ring (bicyclic) bond motifs is 1. The second-order valence-corrected chi connectivity index (χ2v) is 10.8. The number of benzene rings is 2. The van der Waals surface area contributed by atoms with Gasteiger partial charge in [0.25, 0.3) is 0 Å². The van der Waals surface area contributed by atoms with E-state index >= 15 is 0 Å². The van der Waals surface area contributed by atoms with Gasteiger partial charge in [0.05, 0.1) is 22.2 Å². The molecule has 0 amide bonds. The fraction of sp³-hybridized carbons (Fsp3) is 0.440. The van der Waals surface area contributed by atoms with E-state index in [9.17, 15) is 8.42 Å². The van der Waals surface area contributed by atoms with Gasteiger partial charge in [0.1, 0.15) is 0 Å². The van der Waals surface area contributed by atoms with E-state index in [0.29, 0.717) is 23.1 Å². The van der Waals surface area contributed by atoms with E-state index in [1.807, 2.05) is 12.1 Å². The van der Waals surface area contributed by atoms with Gasteiger partial charge in [-0.3, -0.25) is 0 Å². The van der Waals surface area contributed by atoms with Gasteiger partial charge in [0, 0.05) is 37.8 Å². The van der Waals surface area contributed by atoms with E-state index in [4.69, 9.17) is 21.1 Å². The van der Waals surface area contributed by atoms with Crippen molar-refractivity contribution >= 4 is 32.5 Å². The highest BCUT2D eigenvalue weighted by atomic mass is 35.5. The van der Waals surface area contributed by atoms with Crippen molar-refractivity contribution in [2.75, 3.05) is 27.4 Å². The van der Waals surface area contributed by atoms with E-state index in [2.05, 4.69) is 21.8 Å². The minimum atomic E-state index is -3.62. The van der Waals surface area contributed by atoms with Crippen LogP contribution in [-0.2, 0) is 25.9 Å². The summed E-state index contributed by atoms with van der Waals surface area (Å²) < 4.78 is 39.3. The molecule has 0 bridgehead atoms. The first-order chi connectivity index (χ1) is 15.9. The van der Waals surface area contributed by atoms with Gasteiger partial charge >= 0.3 is 0 Å². The largest absolute Gasteiger partial charge is 0.384 e. The Bertz CT molecular complexity index is 1180. The van der Waals surface area contributed by atoms with Crippen molar-refractivity contribution < 1.29 is 17.9 Å². The third kappa shape index (κ3) is 5.61. The van der Waals surface area contributed by atoms with Gasteiger partial charge in [-0.05, 0) is 67.3 Å². The minimum absolute atomic E-state index is 0.0433. The quantitative estimate of drug-likeness (QED) is 0.434. The van der Waals surface area contributed by atoms with Crippen molar-refractivity contribution in [2.45, 2.75) is 43.0 Å². The number of rotatable bonds is 9. The van der Waals surface area contributed by atoms with E-state index in [1.54, 1.807) is 32.4 Å². The van der Waals surface area contributed by atoms with Crippen molar-refractivity contribution in [3.63, 3.8) is 0 Å². The molecule has 1 heterocycles. The highest BCUT2D eigenvalue weighted by Crippen LogP contribution is 2.35. The SMILES string of the molecule is COCCc1ccc(-c2[nH]c3cc(S(=O)(=O)NC4CCC(COC)CC4)ccc3c2Cl)cc1. The first-order valence-corrected chi connectivity index (χ1v) is 13.2. The zero-order chi connectivity index (χ0) is 23.4. The van der Waals surface area contributed by atoms with E-state index < -0.39 is 10.0 Å². The maximum Gasteiger partial charge on any atom is 0.240 e. The third-order valence-electron chi connectivity index (χ3n) is 6.43. The van der Waals surface area contributed by atoms with Crippen LogP contribution in [0.5, 0.6) is 0 Å².